The molecule has 0 amide bonds. The monoisotopic (exact) mass is 263 g/mol. The molecule has 0 aliphatic rings. The van der Waals surface area contributed by atoms with Crippen molar-refractivity contribution in [3.05, 3.63) is 27.3 Å². The molecule has 11 heavy (non-hydrogen) atoms. The minimum atomic E-state index is -0.949. The number of carboxylic acids is 1. The van der Waals surface area contributed by atoms with Crippen LogP contribution in [0, 0.1) is 3.57 Å². The van der Waals surface area contributed by atoms with Gasteiger partial charge >= 0.3 is 5.97 Å². The SMILES string of the molecule is Nc1cc(I)cc(C(=O)O)c1. The van der Waals surface area contributed by atoms with E-state index in [1.165, 1.54) is 6.07 Å². The van der Waals surface area contributed by atoms with Gasteiger partial charge in [-0.2, -0.15) is 0 Å². The highest BCUT2D eigenvalue weighted by molar-refractivity contribution is 14.1. The van der Waals surface area contributed by atoms with Crippen LogP contribution >= 0.6 is 22.6 Å². The molecular weight excluding hydrogens is 257 g/mol. The van der Waals surface area contributed by atoms with Crippen molar-refractivity contribution in [3.63, 3.8) is 0 Å². The van der Waals surface area contributed by atoms with E-state index in [0.717, 1.165) is 3.57 Å². The fourth-order valence-corrected chi connectivity index (χ4v) is 1.43. The summed E-state index contributed by atoms with van der Waals surface area (Å²) in [6.07, 6.45) is 0. The topological polar surface area (TPSA) is 63.3 Å². The summed E-state index contributed by atoms with van der Waals surface area (Å²) in [6.45, 7) is 0. The van der Waals surface area contributed by atoms with E-state index in [0.29, 0.717) is 5.69 Å². The number of rotatable bonds is 1. The number of aromatic carboxylic acids is 1. The number of hydrogen-bond acceptors (Lipinski definition) is 2. The zero-order chi connectivity index (χ0) is 8.43. The standard InChI is InChI=1S/C7H6INO2/c8-5-1-4(7(10)11)2-6(9)3-5/h1-3H,9H2,(H,10,11). The van der Waals surface area contributed by atoms with Crippen LogP contribution in [-0.4, -0.2) is 11.1 Å². The van der Waals surface area contributed by atoms with E-state index < -0.39 is 5.97 Å². The van der Waals surface area contributed by atoms with Crippen LogP contribution in [0.25, 0.3) is 0 Å². The Labute approximate surface area is 77.4 Å². The second-order valence-electron chi connectivity index (χ2n) is 2.08. The van der Waals surface area contributed by atoms with E-state index in [1.54, 1.807) is 12.1 Å². The quantitative estimate of drug-likeness (QED) is 0.597. The van der Waals surface area contributed by atoms with E-state index in [4.69, 9.17) is 10.8 Å². The Morgan fingerprint density at radius 2 is 2.09 bits per heavy atom. The Bertz CT molecular complexity index is 278. The summed E-state index contributed by atoms with van der Waals surface area (Å²) in [5, 5.41) is 8.57. The summed E-state index contributed by atoms with van der Waals surface area (Å²) >= 11 is 2.02. The second-order valence-corrected chi connectivity index (χ2v) is 3.32. The maximum Gasteiger partial charge on any atom is 0.335 e. The van der Waals surface area contributed by atoms with Crippen LogP contribution in [0.3, 0.4) is 0 Å². The first kappa shape index (κ1) is 8.32. The van der Waals surface area contributed by atoms with Gasteiger partial charge in [0.05, 0.1) is 5.56 Å². The first-order valence-electron chi connectivity index (χ1n) is 2.89. The van der Waals surface area contributed by atoms with Crippen LogP contribution in [0.5, 0.6) is 0 Å². The highest BCUT2D eigenvalue weighted by Gasteiger charge is 2.03. The minimum absolute atomic E-state index is 0.231. The molecule has 1 aromatic carbocycles. The highest BCUT2D eigenvalue weighted by Crippen LogP contribution is 2.13. The largest absolute Gasteiger partial charge is 0.478 e. The van der Waals surface area contributed by atoms with Crippen molar-refractivity contribution in [2.75, 3.05) is 5.73 Å². The van der Waals surface area contributed by atoms with E-state index in [2.05, 4.69) is 0 Å². The number of anilines is 1. The lowest BCUT2D eigenvalue weighted by Crippen LogP contribution is -1.98. The summed E-state index contributed by atoms with van der Waals surface area (Å²) in [4.78, 5) is 10.4. The predicted molar refractivity (Wildman–Crippen MR) is 50.5 cm³/mol. The number of halogens is 1. The van der Waals surface area contributed by atoms with Crippen LogP contribution in [0.4, 0.5) is 5.69 Å². The molecule has 0 saturated heterocycles. The van der Waals surface area contributed by atoms with Crippen molar-refractivity contribution >= 4 is 34.2 Å². The van der Waals surface area contributed by atoms with Crippen molar-refractivity contribution < 1.29 is 9.90 Å². The van der Waals surface area contributed by atoms with Gasteiger partial charge in [-0.3, -0.25) is 0 Å². The van der Waals surface area contributed by atoms with E-state index in [1.807, 2.05) is 22.6 Å². The molecule has 1 aromatic rings. The molecule has 0 aliphatic heterocycles. The molecule has 0 bridgehead atoms. The number of benzene rings is 1. The van der Waals surface area contributed by atoms with Crippen molar-refractivity contribution in [2.45, 2.75) is 0 Å². The van der Waals surface area contributed by atoms with Gasteiger partial charge in [-0.25, -0.2) is 4.79 Å². The van der Waals surface area contributed by atoms with Gasteiger partial charge < -0.3 is 10.8 Å². The lowest BCUT2D eigenvalue weighted by molar-refractivity contribution is 0.0697. The van der Waals surface area contributed by atoms with Gasteiger partial charge in [0.25, 0.3) is 0 Å². The lowest BCUT2D eigenvalue weighted by Gasteiger charge is -1.97. The molecule has 4 heteroatoms. The first-order valence-corrected chi connectivity index (χ1v) is 3.97. The predicted octanol–water partition coefficient (Wildman–Crippen LogP) is 1.57. The number of carbonyl (C=O) groups is 1. The molecule has 0 radical (unpaired) electrons. The van der Waals surface area contributed by atoms with Gasteiger partial charge in [-0.15, -0.1) is 0 Å². The third-order valence-corrected chi connectivity index (χ3v) is 1.79. The molecule has 0 saturated carbocycles. The number of nitrogens with two attached hydrogens (primary N) is 1. The average Bonchev–Trinajstić information content (AvgIpc) is 1.85. The molecule has 0 aromatic heterocycles. The number of hydrogen-bond donors (Lipinski definition) is 2. The number of carboxylic acid groups (broad SMARTS) is 1. The summed E-state index contributed by atoms with van der Waals surface area (Å²) in [7, 11) is 0. The summed E-state index contributed by atoms with van der Waals surface area (Å²) in [5.41, 5.74) is 6.14. The minimum Gasteiger partial charge on any atom is -0.478 e. The van der Waals surface area contributed by atoms with Crippen molar-refractivity contribution in [3.8, 4) is 0 Å². The van der Waals surface area contributed by atoms with Gasteiger partial charge in [-0.05, 0) is 40.8 Å². The van der Waals surface area contributed by atoms with Crippen LogP contribution in [0.2, 0.25) is 0 Å². The second kappa shape index (κ2) is 3.08. The third-order valence-electron chi connectivity index (χ3n) is 1.17. The zero-order valence-electron chi connectivity index (χ0n) is 5.54. The van der Waals surface area contributed by atoms with Gasteiger partial charge in [0.15, 0.2) is 0 Å². The van der Waals surface area contributed by atoms with E-state index in [9.17, 15) is 4.79 Å². The molecule has 1 rings (SSSR count). The van der Waals surface area contributed by atoms with Crippen LogP contribution < -0.4 is 5.73 Å². The van der Waals surface area contributed by atoms with Gasteiger partial charge in [-0.1, -0.05) is 0 Å². The van der Waals surface area contributed by atoms with Gasteiger partial charge in [0.1, 0.15) is 0 Å². The summed E-state index contributed by atoms with van der Waals surface area (Å²) in [5.74, 6) is -0.949. The molecule has 0 heterocycles. The summed E-state index contributed by atoms with van der Waals surface area (Å²) in [6, 6.07) is 4.72. The van der Waals surface area contributed by atoms with Crippen molar-refractivity contribution in [2.24, 2.45) is 0 Å². The lowest BCUT2D eigenvalue weighted by atomic mass is 10.2. The molecular formula is C7H6INO2. The van der Waals surface area contributed by atoms with Crippen LogP contribution in [0.15, 0.2) is 18.2 Å². The Hall–Kier alpha value is -0.780. The fraction of sp³-hybridized carbons (Fsp3) is 0. The molecule has 0 spiro atoms. The normalized spacial score (nSPS) is 9.55. The summed E-state index contributed by atoms with van der Waals surface area (Å²) < 4.78 is 0.833. The van der Waals surface area contributed by atoms with Gasteiger partial charge in [0, 0.05) is 9.26 Å². The van der Waals surface area contributed by atoms with Gasteiger partial charge in [0.2, 0.25) is 0 Å². The Morgan fingerprint density at radius 3 is 2.55 bits per heavy atom. The van der Waals surface area contributed by atoms with Crippen LogP contribution in [-0.2, 0) is 0 Å². The zero-order valence-corrected chi connectivity index (χ0v) is 7.70. The molecule has 3 N–H and O–H groups in total. The first-order chi connectivity index (χ1) is 5.09. The van der Waals surface area contributed by atoms with Crippen LogP contribution in [0.1, 0.15) is 10.4 Å². The van der Waals surface area contributed by atoms with E-state index >= 15 is 0 Å². The third kappa shape index (κ3) is 2.07. The molecule has 0 fully saturated rings. The molecule has 0 aliphatic carbocycles. The fourth-order valence-electron chi connectivity index (χ4n) is 0.736. The Morgan fingerprint density at radius 1 is 1.45 bits per heavy atom. The average molecular weight is 263 g/mol. The molecule has 3 nitrogen and oxygen atoms in total. The smallest absolute Gasteiger partial charge is 0.335 e. The molecule has 0 unspecified atom stereocenters. The molecule has 58 valence electrons. The van der Waals surface area contributed by atoms with E-state index in [-0.39, 0.29) is 5.56 Å². The highest BCUT2D eigenvalue weighted by atomic mass is 127. The maximum atomic E-state index is 10.4. The van der Waals surface area contributed by atoms with Crippen molar-refractivity contribution in [1.29, 1.82) is 0 Å². The Kier molecular flexibility index (Phi) is 2.33. The maximum absolute atomic E-state index is 10.4. The number of nitrogen functional groups attached to an aromatic ring is 1. The Balaban J connectivity index is 3.19. The van der Waals surface area contributed by atoms with Crippen molar-refractivity contribution in [1.82, 2.24) is 0 Å². The molecule has 0 atom stereocenters.